The number of fused-ring (bicyclic) bond motifs is 1. The number of carboxylic acids is 1. The molecule has 0 saturated heterocycles. The number of nitrogens with zero attached hydrogens (tertiary/aromatic N) is 2. The van der Waals surface area contributed by atoms with Crippen molar-refractivity contribution in [3.8, 4) is 5.88 Å². The minimum absolute atomic E-state index is 0.197. The van der Waals surface area contributed by atoms with Crippen LogP contribution in [0.25, 0.3) is 10.9 Å². The van der Waals surface area contributed by atoms with E-state index < -0.39 is 14.0 Å². The van der Waals surface area contributed by atoms with Crippen molar-refractivity contribution in [1.29, 1.82) is 0 Å². The number of rotatable bonds is 8. The van der Waals surface area contributed by atoms with Crippen LogP contribution >= 0.6 is 0 Å². The molecule has 2 aromatic rings. The maximum Gasteiger partial charge on any atom is 0.352 e. The molecule has 0 bridgehead atoms. The molecule has 1 fully saturated rings. The quantitative estimate of drug-likeness (QED) is 0.583. The average molecular weight is 348 g/mol. The predicted molar refractivity (Wildman–Crippen MR) is 94.4 cm³/mol. The van der Waals surface area contributed by atoms with Gasteiger partial charge < -0.3 is 19.1 Å². The second-order valence-electron chi connectivity index (χ2n) is 7.48. The number of hydrogen-bond donors (Lipinski definition) is 1. The fraction of sp³-hybridized carbons (Fsp3) is 0.529. The van der Waals surface area contributed by atoms with Crippen molar-refractivity contribution in [2.45, 2.75) is 51.4 Å². The van der Waals surface area contributed by atoms with Gasteiger partial charge in [0.15, 0.2) is 0 Å². The molecule has 0 radical (unpaired) electrons. The number of aromatic nitrogens is 2. The van der Waals surface area contributed by atoms with Crippen LogP contribution in [0.2, 0.25) is 25.7 Å². The maximum atomic E-state index is 11.6. The lowest BCUT2D eigenvalue weighted by atomic mass is 10.3. The first-order valence-corrected chi connectivity index (χ1v) is 12.0. The molecule has 1 aliphatic carbocycles. The van der Waals surface area contributed by atoms with E-state index in [0.717, 1.165) is 24.3 Å². The number of carboxylic acid groups (broad SMARTS) is 1. The highest BCUT2D eigenvalue weighted by Crippen LogP contribution is 2.32. The van der Waals surface area contributed by atoms with Gasteiger partial charge >= 0.3 is 5.97 Å². The van der Waals surface area contributed by atoms with Crippen LogP contribution < -0.4 is 4.74 Å². The Morgan fingerprint density at radius 3 is 2.79 bits per heavy atom. The standard InChI is InChI=1S/C17H24N2O4Si/c1-24(2,3)9-8-22-11-19-14(17(20)21)10-12-6-7-18-16(15(12)19)23-13-4-5-13/h6-7,10,13H,4-5,8-9,11H2,1-3H3,(H,20,21). The second kappa shape index (κ2) is 6.56. The molecule has 1 saturated carbocycles. The summed E-state index contributed by atoms with van der Waals surface area (Å²) in [5, 5.41) is 10.3. The molecule has 0 amide bonds. The van der Waals surface area contributed by atoms with Crippen molar-refractivity contribution in [2.75, 3.05) is 6.61 Å². The van der Waals surface area contributed by atoms with Gasteiger partial charge in [0.2, 0.25) is 5.88 Å². The summed E-state index contributed by atoms with van der Waals surface area (Å²) < 4.78 is 13.3. The van der Waals surface area contributed by atoms with E-state index in [2.05, 4.69) is 24.6 Å². The molecule has 0 unspecified atom stereocenters. The number of hydrogen-bond acceptors (Lipinski definition) is 4. The van der Waals surface area contributed by atoms with Gasteiger partial charge in [-0.3, -0.25) is 0 Å². The van der Waals surface area contributed by atoms with Crippen LogP contribution in [0, 0.1) is 0 Å². The van der Waals surface area contributed by atoms with E-state index in [0.29, 0.717) is 18.0 Å². The van der Waals surface area contributed by atoms with Gasteiger partial charge in [-0.1, -0.05) is 19.6 Å². The van der Waals surface area contributed by atoms with E-state index in [4.69, 9.17) is 9.47 Å². The minimum Gasteiger partial charge on any atom is -0.477 e. The Bertz CT molecular complexity index is 747. The lowest BCUT2D eigenvalue weighted by Gasteiger charge is -2.16. The molecule has 3 rings (SSSR count). The first kappa shape index (κ1) is 17.0. The summed E-state index contributed by atoms with van der Waals surface area (Å²) in [6.45, 7) is 7.69. The van der Waals surface area contributed by atoms with Gasteiger partial charge in [-0.25, -0.2) is 9.78 Å². The van der Waals surface area contributed by atoms with E-state index >= 15 is 0 Å². The third-order valence-corrected chi connectivity index (χ3v) is 5.72. The molecule has 0 aliphatic heterocycles. The molecule has 1 N–H and O–H groups in total. The van der Waals surface area contributed by atoms with Gasteiger partial charge in [0.25, 0.3) is 0 Å². The van der Waals surface area contributed by atoms with Crippen LogP contribution in [-0.2, 0) is 11.5 Å². The average Bonchev–Trinajstić information content (AvgIpc) is 3.21. The van der Waals surface area contributed by atoms with Gasteiger partial charge in [0.1, 0.15) is 24.0 Å². The zero-order valence-corrected chi connectivity index (χ0v) is 15.4. The molecule has 0 aromatic carbocycles. The molecule has 0 spiro atoms. The van der Waals surface area contributed by atoms with Crippen LogP contribution in [0.15, 0.2) is 18.3 Å². The van der Waals surface area contributed by atoms with Gasteiger partial charge in [0.05, 0.1) is 0 Å². The normalized spacial score (nSPS) is 15.0. The summed E-state index contributed by atoms with van der Waals surface area (Å²) in [6.07, 6.45) is 3.91. The molecule has 24 heavy (non-hydrogen) atoms. The zero-order chi connectivity index (χ0) is 17.3. The van der Waals surface area contributed by atoms with E-state index in [-0.39, 0.29) is 18.5 Å². The number of carbonyl (C=O) groups is 1. The number of pyridine rings is 1. The Kier molecular flexibility index (Phi) is 4.64. The summed E-state index contributed by atoms with van der Waals surface area (Å²) in [4.78, 5) is 15.9. The van der Waals surface area contributed by atoms with Crippen molar-refractivity contribution in [3.05, 3.63) is 24.0 Å². The molecule has 2 heterocycles. The smallest absolute Gasteiger partial charge is 0.352 e. The third-order valence-electron chi connectivity index (χ3n) is 4.01. The van der Waals surface area contributed by atoms with Gasteiger partial charge in [-0.15, -0.1) is 0 Å². The monoisotopic (exact) mass is 348 g/mol. The van der Waals surface area contributed by atoms with Gasteiger partial charge in [-0.05, 0) is 31.0 Å². The van der Waals surface area contributed by atoms with Crippen molar-refractivity contribution >= 4 is 24.9 Å². The van der Waals surface area contributed by atoms with Crippen molar-refractivity contribution in [2.24, 2.45) is 0 Å². The SMILES string of the molecule is C[Si](C)(C)CCOCn1c(C(=O)O)cc2ccnc(OC3CC3)c21. The fourth-order valence-electron chi connectivity index (χ4n) is 2.46. The maximum absolute atomic E-state index is 11.6. The largest absolute Gasteiger partial charge is 0.477 e. The summed E-state index contributed by atoms with van der Waals surface area (Å²) >= 11 is 0. The van der Waals surface area contributed by atoms with E-state index in [1.165, 1.54) is 0 Å². The van der Waals surface area contributed by atoms with Crippen LogP contribution in [0.4, 0.5) is 0 Å². The minimum atomic E-state index is -1.18. The van der Waals surface area contributed by atoms with Crippen molar-refractivity contribution < 1.29 is 19.4 Å². The fourth-order valence-corrected chi connectivity index (χ4v) is 3.21. The van der Waals surface area contributed by atoms with E-state index in [1.807, 2.05) is 0 Å². The molecule has 1 aliphatic rings. The Balaban J connectivity index is 1.87. The van der Waals surface area contributed by atoms with E-state index in [1.54, 1.807) is 22.9 Å². The van der Waals surface area contributed by atoms with Gasteiger partial charge in [0, 0.05) is 26.3 Å². The summed E-state index contributed by atoms with van der Waals surface area (Å²) in [6, 6.07) is 4.50. The Labute approximate surface area is 142 Å². The summed E-state index contributed by atoms with van der Waals surface area (Å²) in [5.41, 5.74) is 0.904. The molecule has 0 atom stereocenters. The highest BCUT2D eigenvalue weighted by atomic mass is 28.3. The second-order valence-corrected chi connectivity index (χ2v) is 13.1. The van der Waals surface area contributed by atoms with Crippen molar-refractivity contribution in [1.82, 2.24) is 9.55 Å². The van der Waals surface area contributed by atoms with E-state index in [9.17, 15) is 9.90 Å². The van der Waals surface area contributed by atoms with Crippen LogP contribution in [0.5, 0.6) is 5.88 Å². The summed E-state index contributed by atoms with van der Waals surface area (Å²) in [7, 11) is -1.18. The van der Waals surface area contributed by atoms with Gasteiger partial charge in [-0.2, -0.15) is 0 Å². The number of aromatic carboxylic acids is 1. The molecule has 2 aromatic heterocycles. The van der Waals surface area contributed by atoms with Crippen LogP contribution in [0.1, 0.15) is 23.3 Å². The third kappa shape index (κ3) is 3.96. The first-order chi connectivity index (χ1) is 11.3. The Morgan fingerprint density at radius 1 is 1.42 bits per heavy atom. The highest BCUT2D eigenvalue weighted by Gasteiger charge is 2.27. The highest BCUT2D eigenvalue weighted by molar-refractivity contribution is 6.76. The zero-order valence-electron chi connectivity index (χ0n) is 14.4. The first-order valence-electron chi connectivity index (χ1n) is 8.31. The molecular weight excluding hydrogens is 324 g/mol. The van der Waals surface area contributed by atoms with Crippen LogP contribution in [-0.4, -0.2) is 41.4 Å². The topological polar surface area (TPSA) is 73.6 Å². The molecular formula is C17H24N2O4Si. The molecule has 130 valence electrons. The molecule has 7 heteroatoms. The Morgan fingerprint density at radius 2 is 2.17 bits per heavy atom. The summed E-state index contributed by atoms with van der Waals surface area (Å²) in [5.74, 6) is -0.478. The lowest BCUT2D eigenvalue weighted by Crippen LogP contribution is -2.22. The number of ether oxygens (including phenoxy) is 2. The van der Waals surface area contributed by atoms with Crippen LogP contribution in [0.3, 0.4) is 0 Å². The predicted octanol–water partition coefficient (Wildman–Crippen LogP) is 3.59. The van der Waals surface area contributed by atoms with Crippen molar-refractivity contribution in [3.63, 3.8) is 0 Å². The molecule has 6 nitrogen and oxygen atoms in total. The Hall–Kier alpha value is -1.86. The lowest BCUT2D eigenvalue weighted by molar-refractivity contribution is 0.0629.